The standard InChI is InChI=1S/2C5H4N4.H2O/c2*1-4-2-8-9-5(4)7-3-6-1;/h2*1-3H,(H,6,7,8,9);1H2. The van der Waals surface area contributed by atoms with Gasteiger partial charge >= 0.3 is 0 Å². The largest absolute Gasteiger partial charge is 0.412 e. The van der Waals surface area contributed by atoms with Crippen molar-refractivity contribution in [2.45, 2.75) is 0 Å². The highest BCUT2D eigenvalue weighted by Crippen LogP contribution is 2.01. The zero-order valence-corrected chi connectivity index (χ0v) is 9.65. The normalized spacial score (nSPS) is 9.68. The minimum absolute atomic E-state index is 0. The van der Waals surface area contributed by atoms with Crippen molar-refractivity contribution in [3.8, 4) is 0 Å². The van der Waals surface area contributed by atoms with Gasteiger partial charge in [0.2, 0.25) is 0 Å². The summed E-state index contributed by atoms with van der Waals surface area (Å²) in [6.07, 6.45) is 9.78. The summed E-state index contributed by atoms with van der Waals surface area (Å²) in [5.41, 5.74) is 1.56. The number of hydrogen-bond donors (Lipinski definition) is 2. The minimum Gasteiger partial charge on any atom is -0.412 e. The third-order valence-corrected chi connectivity index (χ3v) is 2.23. The van der Waals surface area contributed by atoms with Crippen LogP contribution in [-0.4, -0.2) is 45.8 Å². The van der Waals surface area contributed by atoms with Crippen LogP contribution in [0.3, 0.4) is 0 Å². The molecule has 0 aliphatic rings. The maximum absolute atomic E-state index is 3.91. The first kappa shape index (κ1) is 12.5. The molecular formula is C10H10N8O. The second kappa shape index (κ2) is 5.60. The van der Waals surface area contributed by atoms with Gasteiger partial charge in [0, 0.05) is 12.4 Å². The fraction of sp³-hybridized carbons (Fsp3) is 0. The number of hydrogen-bond acceptors (Lipinski definition) is 6. The molecule has 0 radical (unpaired) electrons. The van der Waals surface area contributed by atoms with Crippen LogP contribution in [0.4, 0.5) is 0 Å². The number of aromatic amines is 2. The van der Waals surface area contributed by atoms with Crippen LogP contribution < -0.4 is 0 Å². The van der Waals surface area contributed by atoms with Crippen LogP contribution in [0.1, 0.15) is 0 Å². The van der Waals surface area contributed by atoms with Gasteiger partial charge in [-0.3, -0.25) is 10.2 Å². The summed E-state index contributed by atoms with van der Waals surface area (Å²) >= 11 is 0. The summed E-state index contributed by atoms with van der Waals surface area (Å²) in [5, 5.41) is 14.9. The lowest BCUT2D eigenvalue weighted by molar-refractivity contribution is 0.824. The fourth-order valence-corrected chi connectivity index (χ4v) is 1.38. The number of nitrogens with zero attached hydrogens (tertiary/aromatic N) is 6. The summed E-state index contributed by atoms with van der Waals surface area (Å²) in [4.78, 5) is 15.5. The molecule has 4 heterocycles. The first-order chi connectivity index (χ1) is 8.93. The molecule has 9 nitrogen and oxygen atoms in total. The molecule has 0 aromatic carbocycles. The van der Waals surface area contributed by atoms with E-state index in [2.05, 4.69) is 40.3 Å². The van der Waals surface area contributed by atoms with Crippen molar-refractivity contribution >= 4 is 22.1 Å². The van der Waals surface area contributed by atoms with Gasteiger partial charge < -0.3 is 5.48 Å². The van der Waals surface area contributed by atoms with E-state index in [9.17, 15) is 0 Å². The third-order valence-electron chi connectivity index (χ3n) is 2.23. The van der Waals surface area contributed by atoms with E-state index in [1.165, 1.54) is 12.7 Å². The van der Waals surface area contributed by atoms with Gasteiger partial charge in [0.25, 0.3) is 0 Å². The Balaban J connectivity index is 0.000000133. The summed E-state index contributed by atoms with van der Waals surface area (Å²) in [7, 11) is 0. The molecule has 4 N–H and O–H groups in total. The predicted octanol–water partition coefficient (Wildman–Crippen LogP) is -0.119. The highest BCUT2D eigenvalue weighted by Gasteiger charge is 1.91. The van der Waals surface area contributed by atoms with Crippen LogP contribution in [-0.2, 0) is 0 Å². The summed E-state index contributed by atoms with van der Waals surface area (Å²) in [5.74, 6) is 0. The van der Waals surface area contributed by atoms with E-state index in [4.69, 9.17) is 0 Å². The quantitative estimate of drug-likeness (QED) is 0.450. The van der Waals surface area contributed by atoms with E-state index in [1.54, 1.807) is 24.8 Å². The molecule has 4 aromatic heterocycles. The van der Waals surface area contributed by atoms with Crippen LogP contribution in [0.25, 0.3) is 22.1 Å². The lowest BCUT2D eigenvalue weighted by atomic mass is 10.5. The molecule has 4 rings (SSSR count). The number of nitrogens with one attached hydrogen (secondary N) is 2. The molecule has 4 aromatic rings. The van der Waals surface area contributed by atoms with E-state index in [-0.39, 0.29) is 5.48 Å². The lowest BCUT2D eigenvalue weighted by Crippen LogP contribution is -1.75. The molecule has 0 fully saturated rings. The molecular weight excluding hydrogens is 248 g/mol. The zero-order chi connectivity index (χ0) is 12.2. The number of aromatic nitrogens is 8. The van der Waals surface area contributed by atoms with Crippen molar-refractivity contribution < 1.29 is 5.48 Å². The topological polar surface area (TPSA) is 140 Å². The van der Waals surface area contributed by atoms with E-state index in [0.717, 1.165) is 22.1 Å². The van der Waals surface area contributed by atoms with E-state index >= 15 is 0 Å². The van der Waals surface area contributed by atoms with Gasteiger partial charge in [-0.2, -0.15) is 10.2 Å². The Kier molecular flexibility index (Phi) is 3.69. The molecule has 0 amide bonds. The molecule has 0 saturated heterocycles. The molecule has 0 unspecified atom stereocenters. The van der Waals surface area contributed by atoms with Crippen LogP contribution in [0.15, 0.2) is 37.4 Å². The van der Waals surface area contributed by atoms with E-state index in [0.29, 0.717) is 0 Å². The Bertz CT molecular complexity index is 638. The van der Waals surface area contributed by atoms with Crippen molar-refractivity contribution in [3.63, 3.8) is 0 Å². The number of H-pyrrole nitrogens is 2. The van der Waals surface area contributed by atoms with E-state index in [1.807, 2.05) is 0 Å². The lowest BCUT2D eigenvalue weighted by Gasteiger charge is -1.80. The van der Waals surface area contributed by atoms with Gasteiger partial charge in [0.15, 0.2) is 11.3 Å². The second-order valence-electron chi connectivity index (χ2n) is 3.39. The van der Waals surface area contributed by atoms with Gasteiger partial charge in [-0.25, -0.2) is 19.9 Å². The highest BCUT2D eigenvalue weighted by molar-refractivity contribution is 5.72. The third kappa shape index (κ3) is 2.66. The van der Waals surface area contributed by atoms with Crippen LogP contribution >= 0.6 is 0 Å². The van der Waals surface area contributed by atoms with Gasteiger partial charge in [-0.1, -0.05) is 0 Å². The molecule has 0 atom stereocenters. The van der Waals surface area contributed by atoms with Crippen molar-refractivity contribution in [1.29, 1.82) is 0 Å². The molecule has 9 heteroatoms. The summed E-state index contributed by atoms with van der Waals surface area (Å²) in [6, 6.07) is 0. The summed E-state index contributed by atoms with van der Waals surface area (Å²) in [6.45, 7) is 0. The highest BCUT2D eigenvalue weighted by atomic mass is 16.0. The van der Waals surface area contributed by atoms with Gasteiger partial charge in [-0.05, 0) is 0 Å². The SMILES string of the molecule is O.c1ncc2cn[nH]c2n1.c1ncc2cn[nH]c2n1. The second-order valence-corrected chi connectivity index (χ2v) is 3.39. The maximum Gasteiger partial charge on any atom is 0.158 e. The predicted molar refractivity (Wildman–Crippen MR) is 67.0 cm³/mol. The van der Waals surface area contributed by atoms with E-state index < -0.39 is 0 Å². The van der Waals surface area contributed by atoms with Crippen LogP contribution in [0, 0.1) is 0 Å². The molecule has 0 saturated carbocycles. The Labute approximate surface area is 106 Å². The molecule has 96 valence electrons. The maximum atomic E-state index is 3.91. The van der Waals surface area contributed by atoms with Crippen molar-refractivity contribution in [1.82, 2.24) is 40.3 Å². The van der Waals surface area contributed by atoms with Crippen molar-refractivity contribution in [2.24, 2.45) is 0 Å². The van der Waals surface area contributed by atoms with Crippen molar-refractivity contribution in [2.75, 3.05) is 0 Å². The van der Waals surface area contributed by atoms with Gasteiger partial charge in [0.05, 0.1) is 23.2 Å². The molecule has 19 heavy (non-hydrogen) atoms. The Morgan fingerprint density at radius 3 is 1.58 bits per heavy atom. The van der Waals surface area contributed by atoms with Crippen LogP contribution in [0.2, 0.25) is 0 Å². The first-order valence-electron chi connectivity index (χ1n) is 5.11. The molecule has 0 aliphatic carbocycles. The molecule has 0 spiro atoms. The summed E-state index contributed by atoms with van der Waals surface area (Å²) < 4.78 is 0. The average Bonchev–Trinajstić information content (AvgIpc) is 3.08. The van der Waals surface area contributed by atoms with Gasteiger partial charge in [0.1, 0.15) is 12.7 Å². The molecule has 0 aliphatic heterocycles. The van der Waals surface area contributed by atoms with Crippen LogP contribution in [0.5, 0.6) is 0 Å². The Morgan fingerprint density at radius 1 is 0.684 bits per heavy atom. The first-order valence-corrected chi connectivity index (χ1v) is 5.11. The van der Waals surface area contributed by atoms with Gasteiger partial charge in [-0.15, -0.1) is 0 Å². The average molecular weight is 258 g/mol. The van der Waals surface area contributed by atoms with Crippen molar-refractivity contribution in [3.05, 3.63) is 37.4 Å². The zero-order valence-electron chi connectivity index (χ0n) is 9.65. The molecule has 0 bridgehead atoms. The number of rotatable bonds is 0. The Morgan fingerprint density at radius 2 is 1.16 bits per heavy atom. The smallest absolute Gasteiger partial charge is 0.158 e. The number of fused-ring (bicyclic) bond motifs is 2. The fourth-order valence-electron chi connectivity index (χ4n) is 1.38. The minimum atomic E-state index is 0. The Hall–Kier alpha value is -2.94. The monoisotopic (exact) mass is 258 g/mol.